The molecule has 0 radical (unpaired) electrons. The van der Waals surface area contributed by atoms with Crippen molar-refractivity contribution in [1.29, 1.82) is 5.26 Å². The third-order valence-corrected chi connectivity index (χ3v) is 5.71. The Balaban J connectivity index is 2.34. The standard InChI is InChI=1S/C15H20N2O2S/c1-2-6-14-8-3-4-10-17(14)20(18,19)15-9-5-7-13(11-15)12-16/h5,7,9,11,14H,2-4,6,8,10H2,1H3. The first-order chi connectivity index (χ1) is 9.59. The van der Waals surface area contributed by atoms with Gasteiger partial charge >= 0.3 is 0 Å². The number of nitriles is 1. The fourth-order valence-corrected chi connectivity index (χ4v) is 4.54. The third-order valence-electron chi connectivity index (χ3n) is 3.76. The second-order valence-electron chi connectivity index (χ2n) is 5.19. The van der Waals surface area contributed by atoms with Crippen molar-refractivity contribution >= 4 is 10.0 Å². The number of sulfonamides is 1. The quantitative estimate of drug-likeness (QED) is 0.857. The van der Waals surface area contributed by atoms with Gasteiger partial charge in [0.05, 0.1) is 16.5 Å². The van der Waals surface area contributed by atoms with Crippen LogP contribution in [-0.2, 0) is 10.0 Å². The highest BCUT2D eigenvalue weighted by Gasteiger charge is 2.32. The van der Waals surface area contributed by atoms with Gasteiger partial charge in [-0.3, -0.25) is 0 Å². The number of hydrogen-bond acceptors (Lipinski definition) is 3. The summed E-state index contributed by atoms with van der Waals surface area (Å²) in [6, 6.07) is 8.39. The maximum Gasteiger partial charge on any atom is 0.243 e. The number of nitrogens with zero attached hydrogens (tertiary/aromatic N) is 2. The van der Waals surface area contributed by atoms with E-state index in [-0.39, 0.29) is 10.9 Å². The predicted molar refractivity (Wildman–Crippen MR) is 77.6 cm³/mol. The summed E-state index contributed by atoms with van der Waals surface area (Å²) in [5.74, 6) is 0. The zero-order valence-electron chi connectivity index (χ0n) is 11.7. The van der Waals surface area contributed by atoms with E-state index >= 15 is 0 Å². The van der Waals surface area contributed by atoms with Crippen LogP contribution in [0.1, 0.15) is 44.6 Å². The van der Waals surface area contributed by atoms with Gasteiger partial charge in [-0.05, 0) is 37.5 Å². The molecule has 0 N–H and O–H groups in total. The van der Waals surface area contributed by atoms with Crippen molar-refractivity contribution in [1.82, 2.24) is 4.31 Å². The van der Waals surface area contributed by atoms with Gasteiger partial charge in [0.25, 0.3) is 0 Å². The molecule has 4 nitrogen and oxygen atoms in total. The molecule has 0 amide bonds. The molecule has 1 aliphatic heterocycles. The Morgan fingerprint density at radius 1 is 1.40 bits per heavy atom. The molecule has 1 unspecified atom stereocenters. The second-order valence-corrected chi connectivity index (χ2v) is 7.08. The van der Waals surface area contributed by atoms with Crippen LogP contribution in [0.3, 0.4) is 0 Å². The summed E-state index contributed by atoms with van der Waals surface area (Å²) in [6.07, 6.45) is 4.82. The van der Waals surface area contributed by atoms with Crippen molar-refractivity contribution in [3.05, 3.63) is 29.8 Å². The van der Waals surface area contributed by atoms with Gasteiger partial charge in [-0.15, -0.1) is 0 Å². The number of hydrogen-bond donors (Lipinski definition) is 0. The van der Waals surface area contributed by atoms with Crippen molar-refractivity contribution < 1.29 is 8.42 Å². The van der Waals surface area contributed by atoms with Gasteiger partial charge in [0, 0.05) is 12.6 Å². The van der Waals surface area contributed by atoms with Crippen molar-refractivity contribution in [3.63, 3.8) is 0 Å². The van der Waals surface area contributed by atoms with Crippen molar-refractivity contribution in [3.8, 4) is 6.07 Å². The van der Waals surface area contributed by atoms with Crippen LogP contribution in [0.15, 0.2) is 29.2 Å². The van der Waals surface area contributed by atoms with Gasteiger partial charge in [0.2, 0.25) is 10.0 Å². The fraction of sp³-hybridized carbons (Fsp3) is 0.533. The average Bonchev–Trinajstić information content (AvgIpc) is 2.48. The lowest BCUT2D eigenvalue weighted by molar-refractivity contribution is 0.239. The van der Waals surface area contributed by atoms with E-state index in [0.717, 1.165) is 32.1 Å². The minimum Gasteiger partial charge on any atom is -0.207 e. The molecule has 0 spiro atoms. The molecule has 2 rings (SSSR count). The Labute approximate surface area is 121 Å². The molecule has 1 saturated heterocycles. The first-order valence-electron chi connectivity index (χ1n) is 7.11. The van der Waals surface area contributed by atoms with E-state index in [4.69, 9.17) is 5.26 Å². The minimum absolute atomic E-state index is 0.101. The Hall–Kier alpha value is -1.38. The van der Waals surface area contributed by atoms with E-state index in [1.54, 1.807) is 22.5 Å². The smallest absolute Gasteiger partial charge is 0.207 e. The summed E-state index contributed by atoms with van der Waals surface area (Å²) in [7, 11) is -3.48. The molecular weight excluding hydrogens is 272 g/mol. The highest BCUT2D eigenvalue weighted by Crippen LogP contribution is 2.27. The van der Waals surface area contributed by atoms with Gasteiger partial charge in [0.1, 0.15) is 0 Å². The van der Waals surface area contributed by atoms with Crippen molar-refractivity contribution in [2.45, 2.75) is 50.0 Å². The van der Waals surface area contributed by atoms with Gasteiger partial charge in [-0.1, -0.05) is 25.8 Å². The monoisotopic (exact) mass is 292 g/mol. The number of rotatable bonds is 4. The maximum atomic E-state index is 12.8. The Morgan fingerprint density at radius 3 is 2.90 bits per heavy atom. The highest BCUT2D eigenvalue weighted by molar-refractivity contribution is 7.89. The van der Waals surface area contributed by atoms with Crippen molar-refractivity contribution in [2.75, 3.05) is 6.54 Å². The van der Waals surface area contributed by atoms with Crippen LogP contribution in [0.2, 0.25) is 0 Å². The lowest BCUT2D eigenvalue weighted by atomic mass is 10.0. The molecule has 0 saturated carbocycles. The van der Waals surface area contributed by atoms with Gasteiger partial charge in [0.15, 0.2) is 0 Å². The molecule has 20 heavy (non-hydrogen) atoms. The lowest BCUT2D eigenvalue weighted by Gasteiger charge is -2.34. The first-order valence-corrected chi connectivity index (χ1v) is 8.55. The Morgan fingerprint density at radius 2 is 2.20 bits per heavy atom. The molecule has 1 fully saturated rings. The molecule has 1 heterocycles. The molecular formula is C15H20N2O2S. The summed E-state index contributed by atoms with van der Waals surface area (Å²) < 4.78 is 27.1. The van der Waals surface area contributed by atoms with E-state index in [1.165, 1.54) is 6.07 Å². The normalized spacial score (nSPS) is 20.5. The van der Waals surface area contributed by atoms with Crippen LogP contribution < -0.4 is 0 Å². The van der Waals surface area contributed by atoms with Gasteiger partial charge in [-0.2, -0.15) is 9.57 Å². The molecule has 1 aliphatic rings. The molecule has 0 bridgehead atoms. The van der Waals surface area contributed by atoms with Crippen LogP contribution in [-0.4, -0.2) is 25.3 Å². The van der Waals surface area contributed by atoms with Crippen LogP contribution in [0.25, 0.3) is 0 Å². The topological polar surface area (TPSA) is 61.2 Å². The first kappa shape index (κ1) is 15.0. The second kappa shape index (κ2) is 6.38. The van der Waals surface area contributed by atoms with Crippen LogP contribution in [0.4, 0.5) is 0 Å². The summed E-state index contributed by atoms with van der Waals surface area (Å²) in [4.78, 5) is 0.236. The van der Waals surface area contributed by atoms with Crippen LogP contribution >= 0.6 is 0 Å². The van der Waals surface area contributed by atoms with Crippen molar-refractivity contribution in [2.24, 2.45) is 0 Å². The molecule has 5 heteroatoms. The number of piperidine rings is 1. The van der Waals surface area contributed by atoms with E-state index in [9.17, 15) is 8.42 Å². The average molecular weight is 292 g/mol. The van der Waals surface area contributed by atoms with Gasteiger partial charge < -0.3 is 0 Å². The Bertz CT molecular complexity index is 603. The highest BCUT2D eigenvalue weighted by atomic mass is 32.2. The predicted octanol–water partition coefficient (Wildman–Crippen LogP) is 2.90. The Kier molecular flexibility index (Phi) is 4.79. The molecule has 0 aromatic heterocycles. The number of benzene rings is 1. The SMILES string of the molecule is CCCC1CCCCN1S(=O)(=O)c1cccc(C#N)c1. The lowest BCUT2D eigenvalue weighted by Crippen LogP contribution is -2.43. The van der Waals surface area contributed by atoms with Crippen LogP contribution in [0.5, 0.6) is 0 Å². The summed E-state index contributed by atoms with van der Waals surface area (Å²) in [5.41, 5.74) is 0.384. The summed E-state index contributed by atoms with van der Waals surface area (Å²) >= 11 is 0. The van der Waals surface area contributed by atoms with E-state index in [1.807, 2.05) is 6.07 Å². The van der Waals surface area contributed by atoms with E-state index < -0.39 is 10.0 Å². The molecule has 1 atom stereocenters. The molecule has 0 aliphatic carbocycles. The molecule has 1 aromatic carbocycles. The zero-order chi connectivity index (χ0) is 14.6. The fourth-order valence-electron chi connectivity index (χ4n) is 2.77. The summed E-state index contributed by atoms with van der Waals surface area (Å²) in [6.45, 7) is 2.67. The summed E-state index contributed by atoms with van der Waals surface area (Å²) in [5, 5.41) is 8.92. The van der Waals surface area contributed by atoms with Crippen LogP contribution in [0, 0.1) is 11.3 Å². The molecule has 108 valence electrons. The van der Waals surface area contributed by atoms with E-state index in [0.29, 0.717) is 12.1 Å². The largest absolute Gasteiger partial charge is 0.243 e. The molecule has 1 aromatic rings. The minimum atomic E-state index is -3.48. The zero-order valence-corrected chi connectivity index (χ0v) is 12.6. The van der Waals surface area contributed by atoms with E-state index in [2.05, 4.69) is 6.92 Å². The maximum absolute atomic E-state index is 12.8. The third kappa shape index (κ3) is 3.02. The van der Waals surface area contributed by atoms with Gasteiger partial charge in [-0.25, -0.2) is 8.42 Å².